The van der Waals surface area contributed by atoms with E-state index in [-0.39, 0.29) is 49.1 Å². The molecule has 8 heteroatoms. The number of quaternary nitrogens is 1. The van der Waals surface area contributed by atoms with E-state index in [1.165, 1.54) is 44.9 Å². The maximum atomic E-state index is 12.7. The second kappa shape index (κ2) is 42.2. The van der Waals surface area contributed by atoms with Crippen LogP contribution in [0.2, 0.25) is 0 Å². The number of hydrogen-bond donors (Lipinski definition) is 0. The van der Waals surface area contributed by atoms with Crippen molar-refractivity contribution >= 4 is 17.9 Å². The van der Waals surface area contributed by atoms with Gasteiger partial charge in [-0.3, -0.25) is 9.59 Å². The Morgan fingerprint density at radius 3 is 1.40 bits per heavy atom. The topological polar surface area (TPSA) is 102 Å². The van der Waals surface area contributed by atoms with E-state index in [1.807, 2.05) is 0 Å². The second-order valence-electron chi connectivity index (χ2n) is 16.6. The molecule has 342 valence electrons. The summed E-state index contributed by atoms with van der Waals surface area (Å²) in [6, 6.07) is -0.738. The maximum absolute atomic E-state index is 12.7. The van der Waals surface area contributed by atoms with Crippen LogP contribution in [0.25, 0.3) is 0 Å². The van der Waals surface area contributed by atoms with Crippen LogP contribution in [-0.4, -0.2) is 75.5 Å². The number of carboxylic acids is 1. The van der Waals surface area contributed by atoms with E-state index in [0.717, 1.165) is 96.3 Å². The number of nitrogens with zero attached hydrogens (tertiary/aromatic N) is 1. The van der Waals surface area contributed by atoms with Crippen molar-refractivity contribution < 1.29 is 38.2 Å². The van der Waals surface area contributed by atoms with Crippen molar-refractivity contribution in [1.82, 2.24) is 0 Å². The van der Waals surface area contributed by atoms with Crippen LogP contribution in [0.15, 0.2) is 85.1 Å². The molecule has 0 amide bonds. The SMILES string of the molecule is CC/C=C/C/C=C/C/C=C/C/C=C/C/C=C/C/C=C/CCCCCC(=O)OCC(COCCC(C(=O)[O-])[N+](C)(C)C)OC(=O)CCCCC/C=C/CCCCCCCCC. The van der Waals surface area contributed by atoms with Gasteiger partial charge in [0.15, 0.2) is 6.10 Å². The minimum Gasteiger partial charge on any atom is -0.544 e. The molecule has 0 spiro atoms. The van der Waals surface area contributed by atoms with Gasteiger partial charge in [0.1, 0.15) is 12.6 Å². The summed E-state index contributed by atoms with van der Waals surface area (Å²) in [6.07, 6.45) is 54.7. The molecule has 0 aromatic carbocycles. The molecule has 0 aromatic heterocycles. The summed E-state index contributed by atoms with van der Waals surface area (Å²) in [5, 5.41) is 11.6. The van der Waals surface area contributed by atoms with E-state index >= 15 is 0 Å². The first-order valence-electron chi connectivity index (χ1n) is 23.6. The van der Waals surface area contributed by atoms with Crippen LogP contribution in [0, 0.1) is 0 Å². The van der Waals surface area contributed by atoms with Crippen molar-refractivity contribution in [3.8, 4) is 0 Å². The molecule has 0 heterocycles. The Kier molecular flexibility index (Phi) is 39.8. The van der Waals surface area contributed by atoms with Gasteiger partial charge in [0, 0.05) is 19.3 Å². The summed E-state index contributed by atoms with van der Waals surface area (Å²) in [4.78, 5) is 36.9. The first-order valence-corrected chi connectivity index (χ1v) is 23.6. The number of esters is 2. The van der Waals surface area contributed by atoms with E-state index in [1.54, 1.807) is 21.1 Å². The van der Waals surface area contributed by atoms with Crippen LogP contribution in [0.3, 0.4) is 0 Å². The number of unbranched alkanes of at least 4 members (excludes halogenated alkanes) is 13. The molecule has 0 N–H and O–H groups in total. The van der Waals surface area contributed by atoms with Crippen LogP contribution in [0.1, 0.15) is 174 Å². The van der Waals surface area contributed by atoms with Gasteiger partial charge >= 0.3 is 11.9 Å². The van der Waals surface area contributed by atoms with Crippen molar-refractivity contribution in [1.29, 1.82) is 0 Å². The van der Waals surface area contributed by atoms with Crippen molar-refractivity contribution in [2.45, 2.75) is 187 Å². The van der Waals surface area contributed by atoms with E-state index in [9.17, 15) is 19.5 Å². The molecular formula is C52H87NO7. The lowest BCUT2D eigenvalue weighted by atomic mass is 10.1. The van der Waals surface area contributed by atoms with Gasteiger partial charge in [-0.05, 0) is 89.9 Å². The molecule has 0 rings (SSSR count). The van der Waals surface area contributed by atoms with E-state index in [0.29, 0.717) is 6.42 Å². The standard InChI is InChI=1S/C52H87NO7/c1-6-8-10-12-14-16-18-20-22-23-24-25-26-27-28-29-31-32-34-36-38-40-42-50(54)59-47-48(46-58-45-44-49(52(56)57)53(3,4)5)60-51(55)43-41-39-37-35-33-30-21-19-17-15-13-11-9-7-2/h8,10,14,16,20,22,24-25,27-28,30-33,48-49H,6-7,9,11-13,15,17-19,21,23,26,29,34-47H2,1-5H3/b10-8+,16-14+,22-20+,25-24+,28-27+,32-31+,33-30+. The third-order valence-electron chi connectivity index (χ3n) is 10.0. The smallest absolute Gasteiger partial charge is 0.306 e. The number of aliphatic carboxylic acids is 1. The van der Waals surface area contributed by atoms with E-state index < -0.39 is 18.1 Å². The average Bonchev–Trinajstić information content (AvgIpc) is 3.21. The summed E-state index contributed by atoms with van der Waals surface area (Å²) >= 11 is 0. The molecule has 0 aliphatic heterocycles. The molecule has 0 aliphatic rings. The lowest BCUT2D eigenvalue weighted by Gasteiger charge is -2.34. The monoisotopic (exact) mass is 838 g/mol. The van der Waals surface area contributed by atoms with Crippen molar-refractivity contribution in [2.75, 3.05) is 41.0 Å². The highest BCUT2D eigenvalue weighted by molar-refractivity contribution is 5.70. The summed E-state index contributed by atoms with van der Waals surface area (Å²) in [5.41, 5.74) is 0. The Hall–Kier alpha value is -3.49. The molecule has 0 fully saturated rings. The molecule has 0 radical (unpaired) electrons. The zero-order chi connectivity index (χ0) is 44.2. The lowest BCUT2D eigenvalue weighted by molar-refractivity contribution is -0.889. The maximum Gasteiger partial charge on any atom is 0.306 e. The van der Waals surface area contributed by atoms with Crippen molar-refractivity contribution in [2.24, 2.45) is 0 Å². The van der Waals surface area contributed by atoms with Crippen LogP contribution in [-0.2, 0) is 28.6 Å². The zero-order valence-corrected chi connectivity index (χ0v) is 38.8. The lowest BCUT2D eigenvalue weighted by Crippen LogP contribution is -2.55. The van der Waals surface area contributed by atoms with E-state index in [2.05, 4.69) is 98.9 Å². The van der Waals surface area contributed by atoms with Gasteiger partial charge in [-0.1, -0.05) is 150 Å². The van der Waals surface area contributed by atoms with Crippen LogP contribution < -0.4 is 5.11 Å². The minimum absolute atomic E-state index is 0.0193. The molecule has 0 bridgehead atoms. The Morgan fingerprint density at radius 1 is 0.517 bits per heavy atom. The largest absolute Gasteiger partial charge is 0.544 e. The Bertz CT molecular complexity index is 1250. The molecule has 8 nitrogen and oxygen atoms in total. The number of carbonyl (C=O) groups excluding carboxylic acids is 3. The number of carbonyl (C=O) groups is 3. The fourth-order valence-electron chi connectivity index (χ4n) is 6.36. The first-order chi connectivity index (χ1) is 29.1. The second-order valence-corrected chi connectivity index (χ2v) is 16.6. The number of hydrogen-bond acceptors (Lipinski definition) is 7. The van der Waals surface area contributed by atoms with Crippen LogP contribution in [0.4, 0.5) is 0 Å². The van der Waals surface area contributed by atoms with Gasteiger partial charge in [0.2, 0.25) is 0 Å². The highest BCUT2D eigenvalue weighted by Gasteiger charge is 2.25. The van der Waals surface area contributed by atoms with Crippen LogP contribution >= 0.6 is 0 Å². The molecule has 0 saturated carbocycles. The van der Waals surface area contributed by atoms with Crippen molar-refractivity contribution in [3.05, 3.63) is 85.1 Å². The number of carboxylic acid groups (broad SMARTS) is 1. The highest BCUT2D eigenvalue weighted by atomic mass is 16.6. The normalized spacial score (nSPS) is 13.7. The third kappa shape index (κ3) is 39.9. The Balaban J connectivity index is 4.39. The Morgan fingerprint density at radius 2 is 0.933 bits per heavy atom. The third-order valence-corrected chi connectivity index (χ3v) is 10.0. The van der Waals surface area contributed by atoms with Crippen molar-refractivity contribution in [3.63, 3.8) is 0 Å². The predicted molar refractivity (Wildman–Crippen MR) is 249 cm³/mol. The van der Waals surface area contributed by atoms with Gasteiger partial charge in [0.05, 0.1) is 40.3 Å². The van der Waals surface area contributed by atoms with Gasteiger partial charge in [-0.25, -0.2) is 0 Å². The van der Waals surface area contributed by atoms with Gasteiger partial charge in [-0.15, -0.1) is 0 Å². The summed E-state index contributed by atoms with van der Waals surface area (Å²) in [7, 11) is 5.39. The molecule has 2 atom stereocenters. The number of ether oxygens (including phenoxy) is 3. The fraction of sp³-hybridized carbons (Fsp3) is 0.673. The van der Waals surface area contributed by atoms with Gasteiger partial charge in [0.25, 0.3) is 0 Å². The summed E-state index contributed by atoms with van der Waals surface area (Å²) < 4.78 is 17.1. The molecular weight excluding hydrogens is 751 g/mol. The van der Waals surface area contributed by atoms with E-state index in [4.69, 9.17) is 14.2 Å². The van der Waals surface area contributed by atoms with Crippen LogP contribution in [0.5, 0.6) is 0 Å². The predicted octanol–water partition coefficient (Wildman–Crippen LogP) is 12.0. The number of allylic oxidation sites excluding steroid dienone is 14. The average molecular weight is 838 g/mol. The molecule has 0 aliphatic carbocycles. The van der Waals surface area contributed by atoms with Gasteiger partial charge < -0.3 is 28.6 Å². The molecule has 0 saturated heterocycles. The first kappa shape index (κ1) is 56.5. The fourth-order valence-corrected chi connectivity index (χ4v) is 6.36. The zero-order valence-electron chi connectivity index (χ0n) is 38.8. The minimum atomic E-state index is -1.14. The summed E-state index contributed by atoms with van der Waals surface area (Å²) in [5.74, 6) is -1.81. The Labute approximate surface area is 367 Å². The number of likely N-dealkylation sites (N-methyl/N-ethyl adjacent to an activating group) is 1. The molecule has 60 heavy (non-hydrogen) atoms. The highest BCUT2D eigenvalue weighted by Crippen LogP contribution is 2.12. The summed E-state index contributed by atoms with van der Waals surface area (Å²) in [6.45, 7) is 4.48. The van der Waals surface area contributed by atoms with Gasteiger partial charge in [-0.2, -0.15) is 0 Å². The quantitative estimate of drug-likeness (QED) is 0.0261. The number of rotatable bonds is 41. The molecule has 2 unspecified atom stereocenters. The molecule has 0 aromatic rings.